The average molecular weight is 291 g/mol. The lowest BCUT2D eigenvalue weighted by molar-refractivity contribution is -0.384. The molecule has 1 fully saturated rings. The zero-order chi connectivity index (χ0) is 15.5. The Kier molecular flexibility index (Phi) is 4.83. The van der Waals surface area contributed by atoms with Gasteiger partial charge in [0.05, 0.1) is 4.92 Å². The molecular formula is C16H25N3O2. The SMILES string of the molecule is CC(C)(C)CCN1CCN(c2ccccc2[N+](=O)[O-])CC1. The van der Waals surface area contributed by atoms with Gasteiger partial charge in [0.25, 0.3) is 5.69 Å². The Balaban J connectivity index is 1.94. The van der Waals surface area contributed by atoms with Crippen molar-refractivity contribution in [3.05, 3.63) is 34.4 Å². The third-order valence-corrected chi connectivity index (χ3v) is 3.97. The van der Waals surface area contributed by atoms with E-state index in [-0.39, 0.29) is 10.6 Å². The first-order valence-electron chi connectivity index (χ1n) is 7.57. The van der Waals surface area contributed by atoms with Crippen molar-refractivity contribution in [2.24, 2.45) is 5.41 Å². The highest BCUT2D eigenvalue weighted by Gasteiger charge is 2.23. The van der Waals surface area contributed by atoms with Gasteiger partial charge < -0.3 is 4.90 Å². The lowest BCUT2D eigenvalue weighted by Gasteiger charge is -2.36. The molecule has 1 heterocycles. The predicted molar refractivity (Wildman–Crippen MR) is 85.8 cm³/mol. The van der Waals surface area contributed by atoms with E-state index in [4.69, 9.17) is 0 Å². The zero-order valence-electron chi connectivity index (χ0n) is 13.2. The Morgan fingerprint density at radius 3 is 2.33 bits per heavy atom. The van der Waals surface area contributed by atoms with E-state index in [1.807, 2.05) is 12.1 Å². The Morgan fingerprint density at radius 2 is 1.76 bits per heavy atom. The number of rotatable bonds is 4. The van der Waals surface area contributed by atoms with E-state index < -0.39 is 0 Å². The number of hydrogen-bond donors (Lipinski definition) is 0. The summed E-state index contributed by atoms with van der Waals surface area (Å²) in [5, 5.41) is 11.1. The van der Waals surface area contributed by atoms with E-state index in [2.05, 4.69) is 30.6 Å². The lowest BCUT2D eigenvalue weighted by Crippen LogP contribution is -2.47. The molecule has 0 atom stereocenters. The number of hydrogen-bond acceptors (Lipinski definition) is 4. The molecule has 0 saturated carbocycles. The molecule has 21 heavy (non-hydrogen) atoms. The van der Waals surface area contributed by atoms with Crippen LogP contribution in [-0.4, -0.2) is 42.5 Å². The summed E-state index contributed by atoms with van der Waals surface area (Å²) in [5.74, 6) is 0. The van der Waals surface area contributed by atoms with E-state index in [0.29, 0.717) is 5.41 Å². The molecule has 0 radical (unpaired) electrons. The summed E-state index contributed by atoms with van der Waals surface area (Å²) in [6, 6.07) is 7.03. The van der Waals surface area contributed by atoms with Crippen molar-refractivity contribution in [3.63, 3.8) is 0 Å². The summed E-state index contributed by atoms with van der Waals surface area (Å²) in [4.78, 5) is 15.4. The fraction of sp³-hybridized carbons (Fsp3) is 0.625. The fourth-order valence-corrected chi connectivity index (χ4v) is 2.59. The molecule has 2 rings (SSSR count). The standard InChI is InChI=1S/C16H25N3O2/c1-16(2,3)8-9-17-10-12-18(13-11-17)14-6-4-5-7-15(14)19(20)21/h4-7H,8-13H2,1-3H3. The molecule has 5 heteroatoms. The van der Waals surface area contributed by atoms with Crippen molar-refractivity contribution < 1.29 is 4.92 Å². The maximum atomic E-state index is 11.1. The molecule has 0 bridgehead atoms. The second kappa shape index (κ2) is 6.43. The van der Waals surface area contributed by atoms with Gasteiger partial charge in [0.1, 0.15) is 5.69 Å². The molecule has 0 aromatic heterocycles. The van der Waals surface area contributed by atoms with Crippen LogP contribution in [0.2, 0.25) is 0 Å². The van der Waals surface area contributed by atoms with Gasteiger partial charge in [-0.25, -0.2) is 0 Å². The molecule has 0 spiro atoms. The molecule has 1 aliphatic heterocycles. The summed E-state index contributed by atoms with van der Waals surface area (Å²) in [6.07, 6.45) is 1.18. The summed E-state index contributed by atoms with van der Waals surface area (Å²) < 4.78 is 0. The Labute approximate surface area is 126 Å². The minimum atomic E-state index is -0.290. The Morgan fingerprint density at radius 1 is 1.14 bits per heavy atom. The van der Waals surface area contributed by atoms with Gasteiger partial charge >= 0.3 is 0 Å². The minimum Gasteiger partial charge on any atom is -0.363 e. The lowest BCUT2D eigenvalue weighted by atomic mass is 9.92. The molecule has 5 nitrogen and oxygen atoms in total. The number of anilines is 1. The van der Waals surface area contributed by atoms with Gasteiger partial charge in [-0.05, 0) is 24.4 Å². The summed E-state index contributed by atoms with van der Waals surface area (Å²) in [5.41, 5.74) is 1.31. The van der Waals surface area contributed by atoms with Crippen molar-refractivity contribution >= 4 is 11.4 Å². The first-order valence-corrected chi connectivity index (χ1v) is 7.57. The maximum Gasteiger partial charge on any atom is 0.292 e. The van der Waals surface area contributed by atoms with Crippen LogP contribution in [0.15, 0.2) is 24.3 Å². The van der Waals surface area contributed by atoms with Crippen LogP contribution >= 0.6 is 0 Å². The smallest absolute Gasteiger partial charge is 0.292 e. The van der Waals surface area contributed by atoms with Gasteiger partial charge in [0.15, 0.2) is 0 Å². The normalized spacial score (nSPS) is 17.0. The first-order chi connectivity index (χ1) is 9.87. The highest BCUT2D eigenvalue weighted by molar-refractivity contribution is 5.63. The maximum absolute atomic E-state index is 11.1. The highest BCUT2D eigenvalue weighted by atomic mass is 16.6. The van der Waals surface area contributed by atoms with Crippen molar-refractivity contribution in [2.75, 3.05) is 37.6 Å². The van der Waals surface area contributed by atoms with Crippen molar-refractivity contribution in [1.29, 1.82) is 0 Å². The quantitative estimate of drug-likeness (QED) is 0.631. The Bertz CT molecular complexity index is 489. The molecule has 0 N–H and O–H groups in total. The molecule has 1 aliphatic rings. The van der Waals surface area contributed by atoms with Crippen molar-refractivity contribution in [3.8, 4) is 0 Å². The number of benzene rings is 1. The molecule has 0 amide bonds. The third-order valence-electron chi connectivity index (χ3n) is 3.97. The number of para-hydroxylation sites is 2. The van der Waals surface area contributed by atoms with E-state index in [1.54, 1.807) is 12.1 Å². The monoisotopic (exact) mass is 291 g/mol. The van der Waals surface area contributed by atoms with Gasteiger partial charge in [-0.1, -0.05) is 32.9 Å². The average Bonchev–Trinajstić information content (AvgIpc) is 2.45. The van der Waals surface area contributed by atoms with Crippen LogP contribution in [0.25, 0.3) is 0 Å². The van der Waals surface area contributed by atoms with Crippen molar-refractivity contribution in [1.82, 2.24) is 4.90 Å². The second-order valence-electron chi connectivity index (χ2n) is 6.89. The van der Waals surface area contributed by atoms with E-state index in [9.17, 15) is 10.1 Å². The van der Waals surface area contributed by atoms with Gasteiger partial charge in [-0.15, -0.1) is 0 Å². The molecule has 0 unspecified atom stereocenters. The number of nitro benzene ring substituents is 1. The number of nitrogens with zero attached hydrogens (tertiary/aromatic N) is 3. The zero-order valence-corrected chi connectivity index (χ0v) is 13.2. The van der Waals surface area contributed by atoms with Crippen LogP contribution in [0.3, 0.4) is 0 Å². The number of nitro groups is 1. The molecule has 1 saturated heterocycles. The largest absolute Gasteiger partial charge is 0.363 e. The third kappa shape index (κ3) is 4.43. The van der Waals surface area contributed by atoms with Crippen LogP contribution in [0, 0.1) is 15.5 Å². The van der Waals surface area contributed by atoms with E-state index in [1.165, 1.54) is 6.42 Å². The molecule has 116 valence electrons. The van der Waals surface area contributed by atoms with Gasteiger partial charge in [-0.2, -0.15) is 0 Å². The molecule has 0 aliphatic carbocycles. The summed E-state index contributed by atoms with van der Waals surface area (Å²) >= 11 is 0. The van der Waals surface area contributed by atoms with Gasteiger partial charge in [-0.3, -0.25) is 15.0 Å². The highest BCUT2D eigenvalue weighted by Crippen LogP contribution is 2.28. The topological polar surface area (TPSA) is 49.6 Å². The number of piperazine rings is 1. The summed E-state index contributed by atoms with van der Waals surface area (Å²) in [7, 11) is 0. The summed E-state index contributed by atoms with van der Waals surface area (Å²) in [6.45, 7) is 11.5. The fourth-order valence-electron chi connectivity index (χ4n) is 2.59. The minimum absolute atomic E-state index is 0.209. The van der Waals surface area contributed by atoms with Crippen LogP contribution in [0.4, 0.5) is 11.4 Å². The van der Waals surface area contributed by atoms with Gasteiger partial charge in [0.2, 0.25) is 0 Å². The van der Waals surface area contributed by atoms with Crippen LogP contribution in [-0.2, 0) is 0 Å². The Hall–Kier alpha value is -1.62. The molecule has 1 aromatic rings. The van der Waals surface area contributed by atoms with Crippen molar-refractivity contribution in [2.45, 2.75) is 27.2 Å². The van der Waals surface area contributed by atoms with Crippen LogP contribution in [0.1, 0.15) is 27.2 Å². The predicted octanol–water partition coefficient (Wildman–Crippen LogP) is 3.15. The molecule has 1 aromatic carbocycles. The van der Waals surface area contributed by atoms with Gasteiger partial charge in [0, 0.05) is 32.2 Å². The first kappa shape index (κ1) is 15.8. The second-order valence-corrected chi connectivity index (χ2v) is 6.89. The molecular weight excluding hydrogens is 266 g/mol. The van der Waals surface area contributed by atoms with Crippen LogP contribution in [0.5, 0.6) is 0 Å². The van der Waals surface area contributed by atoms with E-state index >= 15 is 0 Å². The van der Waals surface area contributed by atoms with E-state index in [0.717, 1.165) is 38.4 Å². The van der Waals surface area contributed by atoms with Crippen LogP contribution < -0.4 is 4.90 Å².